The van der Waals surface area contributed by atoms with Gasteiger partial charge in [-0.25, -0.2) is 21.8 Å². The first-order valence-electron chi connectivity index (χ1n) is 9.68. The summed E-state index contributed by atoms with van der Waals surface area (Å²) < 4.78 is 59.1. The van der Waals surface area contributed by atoms with E-state index < -0.39 is 24.9 Å². The molecular weight excluding hydrogens is 466 g/mol. The molecule has 4 rings (SSSR count). The number of pyridine rings is 1. The van der Waals surface area contributed by atoms with Gasteiger partial charge < -0.3 is 14.6 Å². The van der Waals surface area contributed by atoms with Crippen molar-refractivity contribution in [2.75, 3.05) is 57.4 Å². The largest absolute Gasteiger partial charge is 0.379 e. The maximum Gasteiger partial charge on any atom is 0.305 e. The fourth-order valence-electron chi connectivity index (χ4n) is 3.56. The fourth-order valence-corrected chi connectivity index (χ4v) is 7.77. The lowest BCUT2D eigenvalue weighted by molar-refractivity contribution is 0.0730. The zero-order chi connectivity index (χ0) is 22.2. The average Bonchev–Trinajstić information content (AvgIpc) is 3.13. The van der Waals surface area contributed by atoms with E-state index in [1.54, 1.807) is 13.0 Å². The summed E-state index contributed by atoms with van der Waals surface area (Å²) >= 11 is 0.692. The maximum atomic E-state index is 12.8. The van der Waals surface area contributed by atoms with Crippen LogP contribution in [0.4, 0.5) is 5.82 Å². The molecule has 0 atom stereocenters. The third-order valence-electron chi connectivity index (χ3n) is 5.25. The highest BCUT2D eigenvalue weighted by molar-refractivity contribution is 7.91. The van der Waals surface area contributed by atoms with Crippen LogP contribution in [-0.4, -0.2) is 87.9 Å². The number of nitrogens with one attached hydrogen (secondary N) is 1. The van der Waals surface area contributed by atoms with Gasteiger partial charge in [0, 0.05) is 51.2 Å². The molecular formula is C17H23N5O6S3. The van der Waals surface area contributed by atoms with E-state index in [1.165, 1.54) is 20.9 Å². The van der Waals surface area contributed by atoms with Crippen LogP contribution in [0.5, 0.6) is 0 Å². The summed E-state index contributed by atoms with van der Waals surface area (Å²) in [5.41, 5.74) is 0.344. The minimum atomic E-state index is -3.74. The molecule has 0 aliphatic carbocycles. The molecule has 14 heteroatoms. The number of rotatable bonds is 5. The third kappa shape index (κ3) is 4.40. The van der Waals surface area contributed by atoms with Gasteiger partial charge in [-0.05, 0) is 19.1 Å². The molecule has 0 amide bonds. The van der Waals surface area contributed by atoms with Gasteiger partial charge in [-0.2, -0.15) is 8.61 Å². The normalized spacial score (nSPS) is 19.6. The summed E-state index contributed by atoms with van der Waals surface area (Å²) in [6.07, 6.45) is 1.34. The summed E-state index contributed by atoms with van der Waals surface area (Å²) in [6, 6.07) is 3.16. The minimum Gasteiger partial charge on any atom is -0.379 e. The molecule has 170 valence electrons. The van der Waals surface area contributed by atoms with Crippen molar-refractivity contribution >= 4 is 37.2 Å². The van der Waals surface area contributed by atoms with Crippen molar-refractivity contribution in [3.63, 3.8) is 0 Å². The lowest BCUT2D eigenvalue weighted by Crippen LogP contribution is -2.48. The Hall–Kier alpha value is -1.84. The molecule has 0 bridgehead atoms. The molecule has 2 aliphatic heterocycles. The molecule has 1 N–H and O–H groups in total. The maximum absolute atomic E-state index is 12.8. The number of sulfonamides is 2. The number of morpholine rings is 1. The highest BCUT2D eigenvalue weighted by Crippen LogP contribution is 2.24. The van der Waals surface area contributed by atoms with Gasteiger partial charge in [0.05, 0.1) is 13.2 Å². The molecule has 0 saturated carbocycles. The number of hydrogen-bond donors (Lipinski definition) is 1. The van der Waals surface area contributed by atoms with Crippen LogP contribution in [0.2, 0.25) is 0 Å². The number of aromatic amines is 1. The Morgan fingerprint density at radius 2 is 1.61 bits per heavy atom. The summed E-state index contributed by atoms with van der Waals surface area (Å²) in [5.74, 6) is 0.584. The quantitative estimate of drug-likeness (QED) is 0.604. The first-order valence-corrected chi connectivity index (χ1v) is 13.4. The molecule has 0 spiro atoms. The van der Waals surface area contributed by atoms with Crippen molar-refractivity contribution in [2.24, 2.45) is 0 Å². The van der Waals surface area contributed by atoms with E-state index in [1.807, 2.05) is 4.90 Å². The van der Waals surface area contributed by atoms with Crippen LogP contribution >= 0.6 is 11.3 Å². The topological polar surface area (TPSA) is 133 Å². The van der Waals surface area contributed by atoms with Crippen molar-refractivity contribution in [1.82, 2.24) is 18.6 Å². The van der Waals surface area contributed by atoms with Gasteiger partial charge in [-0.3, -0.25) is 4.79 Å². The van der Waals surface area contributed by atoms with E-state index in [0.717, 1.165) is 0 Å². The van der Waals surface area contributed by atoms with Crippen LogP contribution in [0.15, 0.2) is 32.2 Å². The van der Waals surface area contributed by atoms with E-state index in [0.29, 0.717) is 62.2 Å². The minimum absolute atomic E-state index is 0.0433. The van der Waals surface area contributed by atoms with E-state index in [2.05, 4.69) is 9.97 Å². The van der Waals surface area contributed by atoms with Crippen molar-refractivity contribution in [3.05, 3.63) is 33.7 Å². The molecule has 2 saturated heterocycles. The van der Waals surface area contributed by atoms with E-state index in [4.69, 9.17) is 4.74 Å². The van der Waals surface area contributed by atoms with Crippen molar-refractivity contribution in [1.29, 1.82) is 0 Å². The Morgan fingerprint density at radius 3 is 2.16 bits per heavy atom. The average molecular weight is 490 g/mol. The fraction of sp³-hybridized carbons (Fsp3) is 0.529. The van der Waals surface area contributed by atoms with Crippen molar-refractivity contribution in [2.45, 2.75) is 16.0 Å². The van der Waals surface area contributed by atoms with Gasteiger partial charge in [-0.1, -0.05) is 11.3 Å². The highest BCUT2D eigenvalue weighted by atomic mass is 32.2. The number of thiazole rings is 1. The third-order valence-corrected chi connectivity index (χ3v) is 10.6. The van der Waals surface area contributed by atoms with E-state index in [-0.39, 0.29) is 22.2 Å². The Labute approximate surface area is 184 Å². The molecule has 11 nitrogen and oxygen atoms in total. The second-order valence-corrected chi connectivity index (χ2v) is 12.2. The zero-order valence-electron chi connectivity index (χ0n) is 16.9. The Morgan fingerprint density at radius 1 is 0.968 bits per heavy atom. The molecule has 31 heavy (non-hydrogen) atoms. The zero-order valence-corrected chi connectivity index (χ0v) is 19.3. The second-order valence-electron chi connectivity index (χ2n) is 7.19. The molecule has 0 unspecified atom stereocenters. The summed E-state index contributed by atoms with van der Waals surface area (Å²) in [4.78, 5) is 19.9. The van der Waals surface area contributed by atoms with E-state index >= 15 is 0 Å². The second kappa shape index (κ2) is 8.60. The SMILES string of the molecule is Cc1[nH]c(=O)sc1S(=O)(=O)N1CCN(c2ccc(S(=O)(=O)N3CCOCC3)cn2)CC1. The molecule has 0 radical (unpaired) electrons. The van der Waals surface area contributed by atoms with Gasteiger partial charge in [0.15, 0.2) is 4.21 Å². The monoisotopic (exact) mass is 489 g/mol. The number of piperazine rings is 1. The van der Waals surface area contributed by atoms with Crippen molar-refractivity contribution in [3.8, 4) is 0 Å². The number of aryl methyl sites for hydroxylation is 1. The molecule has 0 aromatic carbocycles. The van der Waals surface area contributed by atoms with Crippen LogP contribution in [0.25, 0.3) is 0 Å². The van der Waals surface area contributed by atoms with Crippen molar-refractivity contribution < 1.29 is 21.6 Å². The molecule has 4 heterocycles. The first-order chi connectivity index (χ1) is 14.7. The Bertz CT molecular complexity index is 1190. The summed E-state index contributed by atoms with van der Waals surface area (Å²) in [5, 5.41) is 0. The Balaban J connectivity index is 1.43. The smallest absolute Gasteiger partial charge is 0.305 e. The predicted octanol–water partition coefficient (Wildman–Crippen LogP) is -0.328. The lowest BCUT2D eigenvalue weighted by Gasteiger charge is -2.34. The first kappa shape index (κ1) is 22.4. The van der Waals surface area contributed by atoms with Gasteiger partial charge in [-0.15, -0.1) is 0 Å². The van der Waals surface area contributed by atoms with Crippen LogP contribution in [0.1, 0.15) is 5.69 Å². The molecule has 2 aliphatic rings. The van der Waals surface area contributed by atoms with E-state index in [9.17, 15) is 21.6 Å². The van der Waals surface area contributed by atoms with Gasteiger partial charge in [0.2, 0.25) is 10.0 Å². The Kier molecular flexibility index (Phi) is 6.20. The molecule has 2 aromatic rings. The standard InChI is InChI=1S/C17H23N5O6S3/c1-13-16(29-17(23)19-13)31(26,27)21-6-4-20(5-7-21)15-3-2-14(12-18-15)30(24,25)22-8-10-28-11-9-22/h2-3,12H,4-11H2,1H3,(H,19,23). The summed E-state index contributed by atoms with van der Waals surface area (Å²) in [7, 11) is -7.35. The summed E-state index contributed by atoms with van der Waals surface area (Å²) in [6.45, 7) is 4.23. The number of anilines is 1. The lowest BCUT2D eigenvalue weighted by atomic mass is 10.3. The number of aromatic nitrogens is 2. The molecule has 2 aromatic heterocycles. The highest BCUT2D eigenvalue weighted by Gasteiger charge is 2.32. The molecule has 2 fully saturated rings. The van der Waals surface area contributed by atoms with Crippen LogP contribution in [-0.2, 0) is 24.8 Å². The number of ether oxygens (including phenoxy) is 1. The van der Waals surface area contributed by atoms with Gasteiger partial charge in [0.1, 0.15) is 10.7 Å². The number of nitrogens with zero attached hydrogens (tertiary/aromatic N) is 4. The van der Waals surface area contributed by atoms with Crippen LogP contribution in [0.3, 0.4) is 0 Å². The van der Waals surface area contributed by atoms with Crippen LogP contribution < -0.4 is 9.77 Å². The van der Waals surface area contributed by atoms with Gasteiger partial charge >= 0.3 is 4.87 Å². The van der Waals surface area contributed by atoms with Crippen LogP contribution in [0, 0.1) is 6.92 Å². The number of H-pyrrole nitrogens is 1. The predicted molar refractivity (Wildman–Crippen MR) is 114 cm³/mol. The van der Waals surface area contributed by atoms with Gasteiger partial charge in [0.25, 0.3) is 10.0 Å². The number of hydrogen-bond acceptors (Lipinski definition) is 9.